The number of benzene rings is 3. The third kappa shape index (κ3) is 6.23. The fourth-order valence-corrected chi connectivity index (χ4v) is 5.95. The molecular weight excluding hydrogens is 546 g/mol. The Morgan fingerprint density at radius 3 is 2.37 bits per heavy atom. The summed E-state index contributed by atoms with van der Waals surface area (Å²) in [6, 6.07) is 20.5. The first-order valence-electron chi connectivity index (χ1n) is 14.5. The highest BCUT2D eigenvalue weighted by molar-refractivity contribution is 6.04. The Labute approximate surface area is 251 Å². The van der Waals surface area contributed by atoms with Gasteiger partial charge < -0.3 is 29.4 Å². The number of ketones is 1. The van der Waals surface area contributed by atoms with Gasteiger partial charge in [0.2, 0.25) is 0 Å². The molecule has 2 unspecified atom stereocenters. The number of nitrogens with one attached hydrogen (secondary N) is 1. The van der Waals surface area contributed by atoms with Crippen LogP contribution in [0.3, 0.4) is 0 Å². The quantitative estimate of drug-likeness (QED) is 0.282. The van der Waals surface area contributed by atoms with Crippen LogP contribution in [0.1, 0.15) is 55.2 Å². The second-order valence-corrected chi connectivity index (χ2v) is 10.7. The van der Waals surface area contributed by atoms with E-state index in [1.54, 1.807) is 26.4 Å². The zero-order chi connectivity index (χ0) is 30.5. The van der Waals surface area contributed by atoms with E-state index in [2.05, 4.69) is 5.32 Å². The first kappa shape index (κ1) is 29.8. The van der Waals surface area contributed by atoms with Gasteiger partial charge in [0.15, 0.2) is 28.8 Å². The minimum absolute atomic E-state index is 0.00934. The number of aromatic hydroxyl groups is 1. The number of dihydropyridines is 1. The maximum atomic E-state index is 14.0. The van der Waals surface area contributed by atoms with Crippen LogP contribution in [0.15, 0.2) is 89.3 Å². The average molecular weight is 584 g/mol. The highest BCUT2D eigenvalue weighted by Crippen LogP contribution is 2.47. The van der Waals surface area contributed by atoms with E-state index in [-0.39, 0.29) is 30.5 Å². The lowest BCUT2D eigenvalue weighted by molar-refractivity contribution is -0.139. The zero-order valence-corrected chi connectivity index (χ0v) is 24.9. The summed E-state index contributed by atoms with van der Waals surface area (Å²) < 4.78 is 22.3. The number of carbonyl (C=O) groups is 2. The molecule has 2 atom stereocenters. The number of ether oxygens (including phenoxy) is 4. The Kier molecular flexibility index (Phi) is 9.04. The molecule has 8 nitrogen and oxygen atoms in total. The van der Waals surface area contributed by atoms with Crippen LogP contribution in [0.25, 0.3) is 0 Å². The van der Waals surface area contributed by atoms with Crippen molar-refractivity contribution in [3.63, 3.8) is 0 Å². The molecule has 0 radical (unpaired) electrons. The summed E-state index contributed by atoms with van der Waals surface area (Å²) in [5.41, 5.74) is 5.00. The van der Waals surface area contributed by atoms with Crippen LogP contribution in [0.2, 0.25) is 0 Å². The molecule has 43 heavy (non-hydrogen) atoms. The Bertz CT molecular complexity index is 1570. The lowest BCUT2D eigenvalue weighted by atomic mass is 9.71. The molecule has 2 aliphatic rings. The number of allylic oxidation sites excluding steroid dienone is 3. The minimum atomic E-state index is -0.681. The largest absolute Gasteiger partial charge is 0.504 e. The van der Waals surface area contributed by atoms with E-state index in [1.807, 2.05) is 62.4 Å². The van der Waals surface area contributed by atoms with Crippen molar-refractivity contribution in [2.45, 2.75) is 44.9 Å². The molecule has 3 aromatic rings. The first-order valence-corrected chi connectivity index (χ1v) is 14.5. The van der Waals surface area contributed by atoms with E-state index in [0.29, 0.717) is 59.1 Å². The molecule has 3 aromatic carbocycles. The van der Waals surface area contributed by atoms with E-state index >= 15 is 0 Å². The van der Waals surface area contributed by atoms with Crippen molar-refractivity contribution >= 4 is 11.8 Å². The molecule has 1 aliphatic carbocycles. The molecule has 5 rings (SSSR count). The van der Waals surface area contributed by atoms with Crippen LogP contribution < -0.4 is 19.5 Å². The third-order valence-electron chi connectivity index (χ3n) is 8.01. The molecule has 0 spiro atoms. The van der Waals surface area contributed by atoms with Crippen molar-refractivity contribution in [2.24, 2.45) is 0 Å². The smallest absolute Gasteiger partial charge is 0.336 e. The predicted molar refractivity (Wildman–Crippen MR) is 163 cm³/mol. The Morgan fingerprint density at radius 1 is 0.930 bits per heavy atom. The normalized spacial score (nSPS) is 18.1. The lowest BCUT2D eigenvalue weighted by Gasteiger charge is -2.37. The van der Waals surface area contributed by atoms with E-state index < -0.39 is 11.9 Å². The topological polar surface area (TPSA) is 103 Å². The van der Waals surface area contributed by atoms with E-state index in [1.165, 1.54) is 6.07 Å². The summed E-state index contributed by atoms with van der Waals surface area (Å²) in [5.74, 6) is 0.183. The highest BCUT2D eigenvalue weighted by atomic mass is 16.5. The fourth-order valence-electron chi connectivity index (χ4n) is 5.95. The van der Waals surface area contributed by atoms with Crippen molar-refractivity contribution in [3.05, 3.63) is 106 Å². The van der Waals surface area contributed by atoms with Crippen molar-refractivity contribution in [3.8, 4) is 23.0 Å². The minimum Gasteiger partial charge on any atom is -0.504 e. The van der Waals surface area contributed by atoms with Gasteiger partial charge in [0.05, 0.1) is 33.0 Å². The maximum Gasteiger partial charge on any atom is 0.336 e. The number of Topliss-reactive ketones (excluding diaryl/α,β-unsaturated/α-hetero) is 1. The second kappa shape index (κ2) is 13.1. The molecule has 0 bridgehead atoms. The van der Waals surface area contributed by atoms with Gasteiger partial charge in [-0.25, -0.2) is 4.79 Å². The van der Waals surface area contributed by atoms with Crippen LogP contribution in [0.4, 0.5) is 0 Å². The van der Waals surface area contributed by atoms with Gasteiger partial charge in [0, 0.05) is 35.7 Å². The predicted octanol–water partition coefficient (Wildman–Crippen LogP) is 5.96. The Morgan fingerprint density at radius 2 is 1.65 bits per heavy atom. The van der Waals surface area contributed by atoms with E-state index in [9.17, 15) is 14.7 Å². The van der Waals surface area contributed by atoms with Crippen LogP contribution in [-0.2, 0) is 20.7 Å². The number of carbonyl (C=O) groups excluding carboxylic acids is 2. The molecular formula is C35H37NO7. The number of phenolic OH excluding ortho intramolecular Hbond substituents is 1. The summed E-state index contributed by atoms with van der Waals surface area (Å²) >= 11 is 0. The molecule has 1 heterocycles. The molecule has 0 aromatic heterocycles. The van der Waals surface area contributed by atoms with Gasteiger partial charge in [-0.3, -0.25) is 4.79 Å². The Hall–Kier alpha value is -4.72. The van der Waals surface area contributed by atoms with Gasteiger partial charge in [-0.05, 0) is 67.1 Å². The van der Waals surface area contributed by atoms with Crippen LogP contribution in [0.5, 0.6) is 23.0 Å². The third-order valence-corrected chi connectivity index (χ3v) is 8.01. The number of esters is 1. The molecule has 0 amide bonds. The van der Waals surface area contributed by atoms with Crippen molar-refractivity contribution in [1.29, 1.82) is 0 Å². The maximum absolute atomic E-state index is 14.0. The zero-order valence-electron chi connectivity index (χ0n) is 24.9. The molecule has 0 saturated carbocycles. The van der Waals surface area contributed by atoms with Gasteiger partial charge >= 0.3 is 5.97 Å². The monoisotopic (exact) mass is 583 g/mol. The van der Waals surface area contributed by atoms with Crippen LogP contribution in [0, 0.1) is 0 Å². The van der Waals surface area contributed by atoms with Gasteiger partial charge in [0.25, 0.3) is 0 Å². The van der Waals surface area contributed by atoms with Crippen LogP contribution in [-0.4, -0.2) is 44.3 Å². The SMILES string of the molecule is CCOc1cc(C2C(C(=O)OCCc3ccccc3)=C(C)NC3=C2C(=O)CC(c2ccc(OC)c(OC)c2)C3)ccc1O. The second-order valence-electron chi connectivity index (χ2n) is 10.7. The fraction of sp³-hybridized carbons (Fsp3) is 0.314. The highest BCUT2D eigenvalue weighted by Gasteiger charge is 2.41. The van der Waals surface area contributed by atoms with Gasteiger partial charge in [0.1, 0.15) is 0 Å². The number of hydrogen-bond donors (Lipinski definition) is 2. The molecule has 1 aliphatic heterocycles. The summed E-state index contributed by atoms with van der Waals surface area (Å²) in [4.78, 5) is 27.7. The van der Waals surface area contributed by atoms with Crippen LogP contribution >= 0.6 is 0 Å². The number of phenols is 1. The molecule has 0 fully saturated rings. The summed E-state index contributed by atoms with van der Waals surface area (Å²) in [5, 5.41) is 13.8. The summed E-state index contributed by atoms with van der Waals surface area (Å²) in [6.45, 7) is 4.22. The standard InChI is InChI=1S/C35H37NO7/c1-5-42-30-20-24(11-13-27(30)37)33-32(35(39)43-16-15-22-9-7-6-8-10-22)21(2)36-26-17-25(18-28(38)34(26)33)23-12-14-29(40-3)31(19-23)41-4/h6-14,19-20,25,33,36-37H,5,15-18H2,1-4H3. The number of hydrogen-bond acceptors (Lipinski definition) is 8. The summed E-state index contributed by atoms with van der Waals surface area (Å²) in [6.07, 6.45) is 1.40. The molecule has 2 N–H and O–H groups in total. The van der Waals surface area contributed by atoms with Gasteiger partial charge in [-0.15, -0.1) is 0 Å². The van der Waals surface area contributed by atoms with Gasteiger partial charge in [-0.1, -0.05) is 42.5 Å². The first-order chi connectivity index (χ1) is 20.8. The lowest BCUT2D eigenvalue weighted by Crippen LogP contribution is -2.36. The van der Waals surface area contributed by atoms with E-state index in [0.717, 1.165) is 16.8 Å². The average Bonchev–Trinajstić information content (AvgIpc) is 3.01. The van der Waals surface area contributed by atoms with Gasteiger partial charge in [-0.2, -0.15) is 0 Å². The Balaban J connectivity index is 1.50. The summed E-state index contributed by atoms with van der Waals surface area (Å²) in [7, 11) is 3.18. The molecule has 8 heteroatoms. The van der Waals surface area contributed by atoms with Crippen molar-refractivity contribution in [2.75, 3.05) is 27.4 Å². The van der Waals surface area contributed by atoms with E-state index in [4.69, 9.17) is 18.9 Å². The van der Waals surface area contributed by atoms with Crippen molar-refractivity contribution in [1.82, 2.24) is 5.32 Å². The molecule has 0 saturated heterocycles. The number of methoxy groups -OCH3 is 2. The van der Waals surface area contributed by atoms with Crippen molar-refractivity contribution < 1.29 is 33.6 Å². The molecule has 224 valence electrons. The number of rotatable bonds is 10.